The fraction of sp³-hybridized carbons (Fsp3) is 0.444. The van der Waals surface area contributed by atoms with Crippen molar-refractivity contribution in [2.75, 3.05) is 7.11 Å². The van der Waals surface area contributed by atoms with Gasteiger partial charge in [-0.05, 0) is 55.7 Å². The number of hydrogen-bond donors (Lipinski definition) is 1. The third kappa shape index (κ3) is 7.74. The number of halogens is 1. The molecule has 0 saturated carbocycles. The molecule has 0 saturated heterocycles. The molecule has 3 rings (SSSR count). The normalized spacial score (nSPS) is 11.9. The Balaban J connectivity index is 1.81. The second kappa shape index (κ2) is 13.5. The van der Waals surface area contributed by atoms with Gasteiger partial charge in [0.15, 0.2) is 11.0 Å². The monoisotopic (exact) mass is 514 g/mol. The predicted octanol–water partition coefficient (Wildman–Crippen LogP) is 7.07. The van der Waals surface area contributed by atoms with Gasteiger partial charge < -0.3 is 10.1 Å². The molecule has 0 bridgehead atoms. The fourth-order valence-corrected chi connectivity index (χ4v) is 4.94. The van der Waals surface area contributed by atoms with Crippen LogP contribution in [-0.4, -0.2) is 27.8 Å². The van der Waals surface area contributed by atoms with Crippen molar-refractivity contribution in [2.45, 2.75) is 76.2 Å². The number of carbonyl (C=O) groups excluding carboxylic acids is 1. The van der Waals surface area contributed by atoms with Crippen LogP contribution in [0.2, 0.25) is 5.02 Å². The van der Waals surface area contributed by atoms with Gasteiger partial charge in [0.25, 0.3) is 0 Å². The van der Waals surface area contributed by atoms with Crippen LogP contribution in [0.3, 0.4) is 0 Å². The quantitative estimate of drug-likeness (QED) is 0.195. The van der Waals surface area contributed by atoms with Gasteiger partial charge in [-0.25, -0.2) is 0 Å². The fourth-order valence-electron chi connectivity index (χ4n) is 3.88. The Morgan fingerprint density at radius 2 is 1.94 bits per heavy atom. The first-order valence-electron chi connectivity index (χ1n) is 12.2. The Kier molecular flexibility index (Phi) is 10.5. The van der Waals surface area contributed by atoms with Crippen molar-refractivity contribution < 1.29 is 9.53 Å². The van der Waals surface area contributed by atoms with Crippen molar-refractivity contribution in [1.82, 2.24) is 20.1 Å². The molecule has 1 amide bonds. The molecule has 8 heteroatoms. The molecule has 1 heterocycles. The molecule has 2 aromatic carbocycles. The number of ether oxygens (including phenoxy) is 1. The predicted molar refractivity (Wildman–Crippen MR) is 144 cm³/mol. The average Bonchev–Trinajstić information content (AvgIpc) is 3.28. The highest BCUT2D eigenvalue weighted by Gasteiger charge is 2.22. The molecule has 0 aliphatic carbocycles. The van der Waals surface area contributed by atoms with E-state index in [1.165, 1.54) is 19.3 Å². The molecule has 6 nitrogen and oxygen atoms in total. The number of unbranched alkanes of at least 4 members (excludes halogenated alkanes) is 4. The smallest absolute Gasteiger partial charge is 0.220 e. The molecule has 188 valence electrons. The lowest BCUT2D eigenvalue weighted by Gasteiger charge is -2.18. The standard InChI is InChI=1S/C27H35ClN4O2S/c1-5-6-7-8-9-13-25(33)29-20(3)26-30-31-27(32(26)24-17-22(28)15-14-19(24)2)35-18-21-11-10-12-23(16-21)34-4/h10-12,14-17,20H,5-9,13,18H2,1-4H3,(H,29,33). The third-order valence-corrected chi connectivity index (χ3v) is 7.08. The first-order chi connectivity index (χ1) is 16.9. The van der Waals surface area contributed by atoms with Crippen molar-refractivity contribution in [3.8, 4) is 11.4 Å². The largest absolute Gasteiger partial charge is 0.497 e. The SMILES string of the molecule is CCCCCCCC(=O)NC(C)c1nnc(SCc2cccc(OC)c2)n1-c1cc(Cl)ccc1C. The number of aromatic nitrogens is 3. The molecule has 0 spiro atoms. The van der Waals surface area contributed by atoms with Crippen molar-refractivity contribution in [3.63, 3.8) is 0 Å². The Hall–Kier alpha value is -2.51. The van der Waals surface area contributed by atoms with Gasteiger partial charge in [-0.3, -0.25) is 9.36 Å². The number of methoxy groups -OCH3 is 1. The van der Waals surface area contributed by atoms with E-state index in [1.807, 2.05) is 54.8 Å². The van der Waals surface area contributed by atoms with E-state index in [-0.39, 0.29) is 11.9 Å². The summed E-state index contributed by atoms with van der Waals surface area (Å²) in [5.74, 6) is 2.25. The van der Waals surface area contributed by atoms with Crippen molar-refractivity contribution in [2.24, 2.45) is 0 Å². The zero-order chi connectivity index (χ0) is 25.2. The maximum Gasteiger partial charge on any atom is 0.220 e. The van der Waals surface area contributed by atoms with Gasteiger partial charge in [0, 0.05) is 17.2 Å². The van der Waals surface area contributed by atoms with Gasteiger partial charge >= 0.3 is 0 Å². The van der Waals surface area contributed by atoms with E-state index in [9.17, 15) is 4.79 Å². The van der Waals surface area contributed by atoms with Crippen LogP contribution in [0.5, 0.6) is 5.75 Å². The van der Waals surface area contributed by atoms with Crippen LogP contribution in [0.25, 0.3) is 5.69 Å². The number of thioether (sulfide) groups is 1. The topological polar surface area (TPSA) is 69.0 Å². The minimum absolute atomic E-state index is 0.0388. The van der Waals surface area contributed by atoms with Crippen LogP contribution in [-0.2, 0) is 10.5 Å². The van der Waals surface area contributed by atoms with E-state index in [2.05, 4.69) is 28.5 Å². The summed E-state index contributed by atoms with van der Waals surface area (Å²) in [6.07, 6.45) is 6.10. The first-order valence-corrected chi connectivity index (χ1v) is 13.6. The molecular weight excluding hydrogens is 480 g/mol. The Labute approximate surface area is 217 Å². The summed E-state index contributed by atoms with van der Waals surface area (Å²) in [6, 6.07) is 13.5. The molecular formula is C27H35ClN4O2S. The number of carbonyl (C=O) groups is 1. The number of benzene rings is 2. The van der Waals surface area contributed by atoms with E-state index < -0.39 is 0 Å². The van der Waals surface area contributed by atoms with Crippen LogP contribution in [0, 0.1) is 6.92 Å². The van der Waals surface area contributed by atoms with Crippen LogP contribution in [0.1, 0.15) is 75.4 Å². The molecule has 1 atom stereocenters. The average molecular weight is 515 g/mol. The summed E-state index contributed by atoms with van der Waals surface area (Å²) in [7, 11) is 1.66. The van der Waals surface area contributed by atoms with E-state index >= 15 is 0 Å². The molecule has 1 aromatic heterocycles. The van der Waals surface area contributed by atoms with Crippen LogP contribution >= 0.6 is 23.4 Å². The summed E-state index contributed by atoms with van der Waals surface area (Å²) >= 11 is 7.94. The van der Waals surface area contributed by atoms with Crippen molar-refractivity contribution in [1.29, 1.82) is 0 Å². The van der Waals surface area contributed by atoms with Gasteiger partial charge in [0.1, 0.15) is 5.75 Å². The van der Waals surface area contributed by atoms with E-state index in [1.54, 1.807) is 18.9 Å². The molecule has 0 fully saturated rings. The summed E-state index contributed by atoms with van der Waals surface area (Å²) < 4.78 is 7.36. The van der Waals surface area contributed by atoms with Gasteiger partial charge in [0.05, 0.1) is 18.8 Å². The molecule has 1 unspecified atom stereocenters. The molecule has 0 radical (unpaired) electrons. The minimum Gasteiger partial charge on any atom is -0.497 e. The van der Waals surface area contributed by atoms with Crippen LogP contribution in [0.4, 0.5) is 0 Å². The number of hydrogen-bond acceptors (Lipinski definition) is 5. The Bertz CT molecular complexity index is 1120. The Morgan fingerprint density at radius 1 is 1.14 bits per heavy atom. The summed E-state index contributed by atoms with van der Waals surface area (Å²) in [5, 5.41) is 13.5. The van der Waals surface area contributed by atoms with Gasteiger partial charge in [0.2, 0.25) is 5.91 Å². The first kappa shape index (κ1) is 27.1. The van der Waals surface area contributed by atoms with Gasteiger partial charge in [-0.15, -0.1) is 10.2 Å². The van der Waals surface area contributed by atoms with E-state index in [0.717, 1.165) is 40.6 Å². The highest BCUT2D eigenvalue weighted by molar-refractivity contribution is 7.98. The summed E-state index contributed by atoms with van der Waals surface area (Å²) in [5.41, 5.74) is 3.08. The molecule has 35 heavy (non-hydrogen) atoms. The lowest BCUT2D eigenvalue weighted by atomic mass is 10.1. The second-order valence-electron chi connectivity index (χ2n) is 8.70. The molecule has 1 N–H and O–H groups in total. The number of rotatable bonds is 13. The molecule has 0 aliphatic heterocycles. The molecule has 3 aromatic rings. The van der Waals surface area contributed by atoms with Gasteiger partial charge in [-0.1, -0.05) is 74.2 Å². The van der Waals surface area contributed by atoms with Gasteiger partial charge in [-0.2, -0.15) is 0 Å². The number of nitrogens with zero attached hydrogens (tertiary/aromatic N) is 3. The minimum atomic E-state index is -0.296. The van der Waals surface area contributed by atoms with Crippen molar-refractivity contribution >= 4 is 29.3 Å². The molecule has 0 aliphatic rings. The van der Waals surface area contributed by atoms with E-state index in [0.29, 0.717) is 23.0 Å². The Morgan fingerprint density at radius 3 is 2.71 bits per heavy atom. The zero-order valence-electron chi connectivity index (χ0n) is 21.0. The summed E-state index contributed by atoms with van der Waals surface area (Å²) in [4.78, 5) is 12.6. The lowest BCUT2D eigenvalue weighted by Crippen LogP contribution is -2.28. The highest BCUT2D eigenvalue weighted by atomic mass is 35.5. The second-order valence-corrected chi connectivity index (χ2v) is 10.1. The number of amides is 1. The van der Waals surface area contributed by atoms with Crippen molar-refractivity contribution in [3.05, 3.63) is 64.4 Å². The zero-order valence-corrected chi connectivity index (χ0v) is 22.6. The van der Waals surface area contributed by atoms with Crippen LogP contribution < -0.4 is 10.1 Å². The maximum atomic E-state index is 12.6. The lowest BCUT2D eigenvalue weighted by molar-refractivity contribution is -0.121. The summed E-state index contributed by atoms with van der Waals surface area (Å²) in [6.45, 7) is 6.17. The van der Waals surface area contributed by atoms with E-state index in [4.69, 9.17) is 16.3 Å². The number of aryl methyl sites for hydroxylation is 1. The van der Waals surface area contributed by atoms with Crippen LogP contribution in [0.15, 0.2) is 47.6 Å². The maximum absolute atomic E-state index is 12.6. The third-order valence-electron chi connectivity index (χ3n) is 5.84. The highest BCUT2D eigenvalue weighted by Crippen LogP contribution is 2.31. The number of nitrogens with one attached hydrogen (secondary N) is 1.